The molecular formula is C27H20ClN3O6S2. The maximum atomic E-state index is 12.7. The van der Waals surface area contributed by atoms with E-state index in [-0.39, 0.29) is 17.0 Å². The molecule has 1 atom stereocenters. The normalized spacial score (nSPS) is 11.4. The molecule has 1 heterocycles. The van der Waals surface area contributed by atoms with E-state index < -0.39 is 28.7 Å². The Labute approximate surface area is 235 Å². The molecule has 0 aliphatic carbocycles. The monoisotopic (exact) mass is 581 g/mol. The first-order valence-electron chi connectivity index (χ1n) is 11.3. The van der Waals surface area contributed by atoms with Gasteiger partial charge in [0.1, 0.15) is 0 Å². The second-order valence-electron chi connectivity index (χ2n) is 8.12. The number of rotatable bonds is 9. The molecule has 4 N–H and O–H groups in total. The molecule has 0 aliphatic rings. The third-order valence-corrected chi connectivity index (χ3v) is 7.62. The Kier molecular flexibility index (Phi) is 8.65. The van der Waals surface area contributed by atoms with E-state index in [2.05, 4.69) is 15.6 Å². The minimum absolute atomic E-state index is 0.170. The quantitative estimate of drug-likeness (QED) is 0.170. The number of carbonyl (C=O) groups is 4. The highest BCUT2D eigenvalue weighted by Gasteiger charge is 2.20. The van der Waals surface area contributed by atoms with Gasteiger partial charge < -0.3 is 20.8 Å². The van der Waals surface area contributed by atoms with Crippen molar-refractivity contribution in [2.75, 3.05) is 10.6 Å². The van der Waals surface area contributed by atoms with Crippen molar-refractivity contribution in [3.63, 3.8) is 0 Å². The van der Waals surface area contributed by atoms with E-state index >= 15 is 0 Å². The van der Waals surface area contributed by atoms with Crippen LogP contribution in [0.4, 0.5) is 10.8 Å². The second kappa shape index (κ2) is 12.1. The number of hydrogen-bond donors (Lipinski definition) is 4. The smallest absolute Gasteiger partial charge is 0.336 e. The number of nitrogens with one attached hydrogen (secondary N) is 2. The van der Waals surface area contributed by atoms with Crippen LogP contribution in [0.2, 0.25) is 5.02 Å². The molecule has 2 amide bonds. The minimum atomic E-state index is -1.42. The van der Waals surface area contributed by atoms with Crippen LogP contribution in [0.15, 0.2) is 77.0 Å². The third-order valence-electron chi connectivity index (χ3n) is 5.42. The van der Waals surface area contributed by atoms with Crippen molar-refractivity contribution in [2.24, 2.45) is 0 Å². The molecule has 1 unspecified atom stereocenters. The Hall–Kier alpha value is -4.19. The van der Waals surface area contributed by atoms with Crippen LogP contribution in [0.1, 0.15) is 38.0 Å². The molecule has 0 saturated carbocycles. The van der Waals surface area contributed by atoms with Gasteiger partial charge in [-0.1, -0.05) is 29.8 Å². The first kappa shape index (κ1) is 27.8. The summed E-state index contributed by atoms with van der Waals surface area (Å²) in [6.07, 6.45) is 0. The van der Waals surface area contributed by atoms with Gasteiger partial charge in [0.2, 0.25) is 5.91 Å². The van der Waals surface area contributed by atoms with Gasteiger partial charge in [-0.25, -0.2) is 14.6 Å². The van der Waals surface area contributed by atoms with Crippen LogP contribution in [0.5, 0.6) is 0 Å². The van der Waals surface area contributed by atoms with Crippen LogP contribution in [0, 0.1) is 0 Å². The molecule has 9 nitrogen and oxygen atoms in total. The zero-order chi connectivity index (χ0) is 28.1. The van der Waals surface area contributed by atoms with Gasteiger partial charge in [0.25, 0.3) is 5.91 Å². The zero-order valence-electron chi connectivity index (χ0n) is 20.2. The summed E-state index contributed by atoms with van der Waals surface area (Å²) in [5.74, 6) is -3.64. The lowest BCUT2D eigenvalue weighted by molar-refractivity contribution is -0.115. The fraction of sp³-hybridized carbons (Fsp3) is 0.0741. The number of benzene rings is 3. The number of amides is 2. The van der Waals surface area contributed by atoms with Crippen molar-refractivity contribution in [1.82, 2.24) is 4.98 Å². The Morgan fingerprint density at radius 1 is 0.923 bits per heavy atom. The molecule has 198 valence electrons. The van der Waals surface area contributed by atoms with Gasteiger partial charge in [-0.15, -0.1) is 23.1 Å². The van der Waals surface area contributed by atoms with E-state index in [0.29, 0.717) is 21.5 Å². The number of carboxylic acids is 2. The number of thioether (sulfide) groups is 1. The Balaban J connectivity index is 1.36. The molecule has 0 spiro atoms. The summed E-state index contributed by atoms with van der Waals surface area (Å²) in [6.45, 7) is 1.76. The number of anilines is 2. The standard InChI is InChI=1S/C27H20ClN3O6S2/c1-14(23(32)31-27-30-22(13-38-27)19-4-2-3-5-21(19)28)39-17-9-7-16(8-10-17)29-24(33)18-11-6-15(25(34)35)12-20(18)26(36)37/h2-14H,1H3,(H,29,33)(H,34,35)(H,36,37)(H,30,31,32). The molecule has 12 heteroatoms. The summed E-state index contributed by atoms with van der Waals surface area (Å²) in [4.78, 5) is 53.3. The lowest BCUT2D eigenvalue weighted by Crippen LogP contribution is -2.22. The van der Waals surface area contributed by atoms with Crippen molar-refractivity contribution in [3.05, 3.63) is 93.8 Å². The summed E-state index contributed by atoms with van der Waals surface area (Å²) in [7, 11) is 0. The average Bonchev–Trinajstić information content (AvgIpc) is 3.37. The van der Waals surface area contributed by atoms with Crippen molar-refractivity contribution < 1.29 is 29.4 Å². The number of thiazole rings is 1. The Bertz CT molecular complexity index is 1570. The molecule has 0 radical (unpaired) electrons. The van der Waals surface area contributed by atoms with Crippen LogP contribution < -0.4 is 10.6 Å². The van der Waals surface area contributed by atoms with Gasteiger partial charge in [0.15, 0.2) is 5.13 Å². The molecule has 4 rings (SSSR count). The molecule has 4 aromatic rings. The van der Waals surface area contributed by atoms with Gasteiger partial charge >= 0.3 is 11.9 Å². The number of aromatic carboxylic acids is 2. The lowest BCUT2D eigenvalue weighted by atomic mass is 10.0. The predicted molar refractivity (Wildman–Crippen MR) is 151 cm³/mol. The summed E-state index contributed by atoms with van der Waals surface area (Å²) in [6, 6.07) is 17.3. The first-order valence-corrected chi connectivity index (χ1v) is 13.5. The van der Waals surface area contributed by atoms with E-state index in [0.717, 1.165) is 22.6 Å². The number of nitrogens with zero attached hydrogens (tertiary/aromatic N) is 1. The van der Waals surface area contributed by atoms with Gasteiger partial charge in [-0.05, 0) is 55.5 Å². The van der Waals surface area contributed by atoms with Crippen LogP contribution in [-0.2, 0) is 4.79 Å². The van der Waals surface area contributed by atoms with Crippen LogP contribution >= 0.6 is 34.7 Å². The number of halogens is 1. The van der Waals surface area contributed by atoms with E-state index in [9.17, 15) is 24.3 Å². The molecule has 1 aromatic heterocycles. The van der Waals surface area contributed by atoms with Crippen molar-refractivity contribution in [3.8, 4) is 11.3 Å². The van der Waals surface area contributed by atoms with E-state index in [1.807, 2.05) is 23.6 Å². The summed E-state index contributed by atoms with van der Waals surface area (Å²) in [5, 5.41) is 26.3. The van der Waals surface area contributed by atoms with Crippen LogP contribution in [0.3, 0.4) is 0 Å². The summed E-state index contributed by atoms with van der Waals surface area (Å²) in [5.41, 5.74) is 1.03. The van der Waals surface area contributed by atoms with Gasteiger partial charge in [0, 0.05) is 26.5 Å². The fourth-order valence-electron chi connectivity index (χ4n) is 3.46. The van der Waals surface area contributed by atoms with Crippen LogP contribution in [0.25, 0.3) is 11.3 Å². The van der Waals surface area contributed by atoms with Crippen molar-refractivity contribution in [2.45, 2.75) is 17.1 Å². The number of carboxylic acid groups (broad SMARTS) is 2. The van der Waals surface area contributed by atoms with E-state index in [1.54, 1.807) is 37.3 Å². The molecule has 0 fully saturated rings. The highest BCUT2D eigenvalue weighted by atomic mass is 35.5. The highest BCUT2D eigenvalue weighted by molar-refractivity contribution is 8.00. The average molecular weight is 582 g/mol. The van der Waals surface area contributed by atoms with Crippen molar-refractivity contribution >= 4 is 69.3 Å². The Morgan fingerprint density at radius 2 is 1.64 bits per heavy atom. The number of hydrogen-bond acceptors (Lipinski definition) is 7. The molecule has 0 aliphatic heterocycles. The Morgan fingerprint density at radius 3 is 2.31 bits per heavy atom. The van der Waals surface area contributed by atoms with Crippen LogP contribution in [-0.4, -0.2) is 44.2 Å². The largest absolute Gasteiger partial charge is 0.478 e. The number of aromatic nitrogens is 1. The second-order valence-corrected chi connectivity index (χ2v) is 10.8. The van der Waals surface area contributed by atoms with Crippen molar-refractivity contribution in [1.29, 1.82) is 0 Å². The van der Waals surface area contributed by atoms with Gasteiger partial charge in [0.05, 0.1) is 27.6 Å². The maximum Gasteiger partial charge on any atom is 0.336 e. The SMILES string of the molecule is CC(Sc1ccc(NC(=O)c2ccc(C(=O)O)cc2C(=O)O)cc1)C(=O)Nc1nc(-c2ccccc2Cl)cs1. The lowest BCUT2D eigenvalue weighted by Gasteiger charge is -2.12. The third kappa shape index (κ3) is 6.82. The maximum absolute atomic E-state index is 12.7. The summed E-state index contributed by atoms with van der Waals surface area (Å²) >= 11 is 8.84. The minimum Gasteiger partial charge on any atom is -0.478 e. The molecule has 0 saturated heterocycles. The summed E-state index contributed by atoms with van der Waals surface area (Å²) < 4.78 is 0. The molecule has 0 bridgehead atoms. The molecule has 3 aromatic carbocycles. The van der Waals surface area contributed by atoms with E-state index in [1.165, 1.54) is 29.2 Å². The van der Waals surface area contributed by atoms with E-state index in [4.69, 9.17) is 16.7 Å². The zero-order valence-corrected chi connectivity index (χ0v) is 22.6. The predicted octanol–water partition coefficient (Wildman–Crippen LogP) is 6.23. The first-order chi connectivity index (χ1) is 18.6. The van der Waals surface area contributed by atoms with Gasteiger partial charge in [-0.2, -0.15) is 0 Å². The molecule has 39 heavy (non-hydrogen) atoms. The number of carbonyl (C=O) groups excluding carboxylic acids is 2. The topological polar surface area (TPSA) is 146 Å². The highest BCUT2D eigenvalue weighted by Crippen LogP contribution is 2.31. The fourth-order valence-corrected chi connectivity index (χ4v) is 5.27. The molecular weight excluding hydrogens is 562 g/mol. The van der Waals surface area contributed by atoms with Gasteiger partial charge in [-0.3, -0.25) is 9.59 Å².